The average Bonchev–Trinajstić information content (AvgIpc) is 2.47. The van der Waals surface area contributed by atoms with Crippen molar-refractivity contribution in [2.45, 2.75) is 6.42 Å². The average molecular weight is 300 g/mol. The van der Waals surface area contributed by atoms with Crippen LogP contribution in [0.2, 0.25) is 5.02 Å². The van der Waals surface area contributed by atoms with Crippen LogP contribution in [-0.4, -0.2) is 46.9 Å². The summed E-state index contributed by atoms with van der Waals surface area (Å²) in [6.07, 6.45) is 0.813. The topological polar surface area (TPSA) is 54.9 Å². The molecule has 0 spiro atoms. The lowest BCUT2D eigenvalue weighted by atomic mass is 10.1. The molecule has 0 amide bonds. The van der Waals surface area contributed by atoms with Crippen LogP contribution in [0, 0.1) is 0 Å². The number of ether oxygens (including phenoxy) is 2. The molecular weight excluding hydrogens is 278 g/mol. The van der Waals surface area contributed by atoms with E-state index in [1.807, 2.05) is 18.2 Å². The van der Waals surface area contributed by atoms with Crippen LogP contribution in [0.5, 0.6) is 5.75 Å². The van der Waals surface area contributed by atoms with Crippen molar-refractivity contribution in [3.8, 4) is 5.75 Å². The van der Waals surface area contributed by atoms with Gasteiger partial charge in [0.15, 0.2) is 5.96 Å². The van der Waals surface area contributed by atoms with E-state index in [1.54, 1.807) is 21.3 Å². The molecule has 0 fully saturated rings. The van der Waals surface area contributed by atoms with E-state index in [0.717, 1.165) is 36.8 Å². The molecule has 112 valence electrons. The van der Waals surface area contributed by atoms with E-state index < -0.39 is 0 Å². The molecule has 1 aromatic rings. The molecule has 0 bridgehead atoms. The summed E-state index contributed by atoms with van der Waals surface area (Å²) < 4.78 is 10.1. The molecule has 0 saturated carbocycles. The molecule has 0 heterocycles. The summed E-state index contributed by atoms with van der Waals surface area (Å²) >= 11 is 6.19. The summed E-state index contributed by atoms with van der Waals surface area (Å²) in [6.45, 7) is 2.11. The third kappa shape index (κ3) is 5.67. The standard InChI is InChI=1S/C14H22ClN3O2/c1-16-14(18-8-9-19-2)17-7-6-11-4-5-12(20-3)10-13(11)15/h4-5,10H,6-9H2,1-3H3,(H2,16,17,18). The molecule has 20 heavy (non-hydrogen) atoms. The Morgan fingerprint density at radius 1 is 1.25 bits per heavy atom. The third-order valence-electron chi connectivity index (χ3n) is 2.77. The van der Waals surface area contributed by atoms with Gasteiger partial charge in [-0.05, 0) is 24.1 Å². The van der Waals surface area contributed by atoms with E-state index in [4.69, 9.17) is 21.1 Å². The third-order valence-corrected chi connectivity index (χ3v) is 3.12. The normalized spacial score (nSPS) is 11.3. The van der Waals surface area contributed by atoms with Gasteiger partial charge < -0.3 is 20.1 Å². The van der Waals surface area contributed by atoms with Gasteiger partial charge in [-0.25, -0.2) is 0 Å². The first-order chi connectivity index (χ1) is 9.71. The molecule has 0 unspecified atom stereocenters. The molecule has 0 aromatic heterocycles. The minimum atomic E-state index is 0.644. The molecule has 1 aromatic carbocycles. The van der Waals surface area contributed by atoms with Crippen LogP contribution < -0.4 is 15.4 Å². The van der Waals surface area contributed by atoms with Crippen molar-refractivity contribution in [2.75, 3.05) is 41.0 Å². The first kappa shape index (κ1) is 16.6. The molecule has 0 aliphatic heterocycles. The summed E-state index contributed by atoms with van der Waals surface area (Å²) in [5.41, 5.74) is 1.08. The van der Waals surface area contributed by atoms with Gasteiger partial charge >= 0.3 is 0 Å². The quantitative estimate of drug-likeness (QED) is 0.457. The highest BCUT2D eigenvalue weighted by Crippen LogP contribution is 2.22. The van der Waals surface area contributed by atoms with Gasteiger partial charge in [-0.3, -0.25) is 4.99 Å². The second-order valence-corrected chi connectivity index (χ2v) is 4.53. The van der Waals surface area contributed by atoms with Crippen molar-refractivity contribution in [2.24, 2.45) is 4.99 Å². The second kappa shape index (κ2) is 9.44. The van der Waals surface area contributed by atoms with Crippen LogP contribution in [0.1, 0.15) is 5.56 Å². The Hall–Kier alpha value is -1.46. The second-order valence-electron chi connectivity index (χ2n) is 4.13. The highest BCUT2D eigenvalue weighted by atomic mass is 35.5. The minimum Gasteiger partial charge on any atom is -0.497 e. The van der Waals surface area contributed by atoms with Gasteiger partial charge in [-0.2, -0.15) is 0 Å². The lowest BCUT2D eigenvalue weighted by molar-refractivity contribution is 0.203. The SMILES string of the molecule is CN=C(NCCOC)NCCc1ccc(OC)cc1Cl. The largest absolute Gasteiger partial charge is 0.497 e. The van der Waals surface area contributed by atoms with Crippen LogP contribution in [0.4, 0.5) is 0 Å². The predicted octanol–water partition coefficient (Wildman–Crippen LogP) is 1.70. The Bertz CT molecular complexity index is 438. The number of hydrogen-bond acceptors (Lipinski definition) is 3. The highest BCUT2D eigenvalue weighted by molar-refractivity contribution is 6.31. The van der Waals surface area contributed by atoms with E-state index in [2.05, 4.69) is 15.6 Å². The van der Waals surface area contributed by atoms with E-state index in [1.165, 1.54) is 0 Å². The van der Waals surface area contributed by atoms with Crippen molar-refractivity contribution < 1.29 is 9.47 Å². The zero-order chi connectivity index (χ0) is 14.8. The Balaban J connectivity index is 2.39. The molecule has 0 radical (unpaired) electrons. The molecular formula is C14H22ClN3O2. The highest BCUT2D eigenvalue weighted by Gasteiger charge is 2.03. The fraction of sp³-hybridized carbons (Fsp3) is 0.500. The fourth-order valence-electron chi connectivity index (χ4n) is 1.67. The van der Waals surface area contributed by atoms with Crippen LogP contribution in [0.3, 0.4) is 0 Å². The Morgan fingerprint density at radius 3 is 2.60 bits per heavy atom. The number of benzene rings is 1. The van der Waals surface area contributed by atoms with Crippen molar-refractivity contribution >= 4 is 17.6 Å². The maximum atomic E-state index is 6.19. The summed E-state index contributed by atoms with van der Waals surface area (Å²) in [5, 5.41) is 7.09. The van der Waals surface area contributed by atoms with Gasteiger partial charge in [0, 0.05) is 32.3 Å². The minimum absolute atomic E-state index is 0.644. The van der Waals surface area contributed by atoms with Crippen LogP contribution in [-0.2, 0) is 11.2 Å². The van der Waals surface area contributed by atoms with Gasteiger partial charge in [0.2, 0.25) is 0 Å². The Labute approximate surface area is 125 Å². The van der Waals surface area contributed by atoms with Crippen molar-refractivity contribution in [3.05, 3.63) is 28.8 Å². The summed E-state index contributed by atoms with van der Waals surface area (Å²) in [5.74, 6) is 1.52. The summed E-state index contributed by atoms with van der Waals surface area (Å²) in [7, 11) is 5.04. The van der Waals surface area contributed by atoms with Gasteiger partial charge in [-0.1, -0.05) is 17.7 Å². The number of hydrogen-bond donors (Lipinski definition) is 2. The van der Waals surface area contributed by atoms with Gasteiger partial charge in [-0.15, -0.1) is 0 Å². The predicted molar refractivity (Wildman–Crippen MR) is 82.9 cm³/mol. The molecule has 6 heteroatoms. The number of methoxy groups -OCH3 is 2. The molecule has 5 nitrogen and oxygen atoms in total. The smallest absolute Gasteiger partial charge is 0.191 e. The van der Waals surface area contributed by atoms with Crippen LogP contribution >= 0.6 is 11.6 Å². The molecule has 1 rings (SSSR count). The van der Waals surface area contributed by atoms with Gasteiger partial charge in [0.25, 0.3) is 0 Å². The molecule has 0 aliphatic rings. The molecule has 0 saturated heterocycles. The lowest BCUT2D eigenvalue weighted by Gasteiger charge is -2.12. The van der Waals surface area contributed by atoms with E-state index in [9.17, 15) is 0 Å². The van der Waals surface area contributed by atoms with Crippen molar-refractivity contribution in [1.82, 2.24) is 10.6 Å². The van der Waals surface area contributed by atoms with Crippen molar-refractivity contribution in [3.63, 3.8) is 0 Å². The van der Waals surface area contributed by atoms with Gasteiger partial charge in [0.1, 0.15) is 5.75 Å². The van der Waals surface area contributed by atoms with Crippen LogP contribution in [0.15, 0.2) is 23.2 Å². The number of guanidine groups is 1. The number of aliphatic imine (C=N–C) groups is 1. The Kier molecular flexibility index (Phi) is 7.84. The number of rotatable bonds is 7. The maximum Gasteiger partial charge on any atom is 0.191 e. The zero-order valence-corrected chi connectivity index (χ0v) is 13.0. The summed E-state index contributed by atoms with van der Waals surface area (Å²) in [6, 6.07) is 5.71. The first-order valence-corrected chi connectivity index (χ1v) is 6.85. The Morgan fingerprint density at radius 2 is 2.00 bits per heavy atom. The molecule has 2 N–H and O–H groups in total. The van der Waals surface area contributed by atoms with E-state index >= 15 is 0 Å². The van der Waals surface area contributed by atoms with Crippen molar-refractivity contribution in [1.29, 1.82) is 0 Å². The molecule has 0 atom stereocenters. The maximum absolute atomic E-state index is 6.19. The van der Waals surface area contributed by atoms with E-state index in [0.29, 0.717) is 11.6 Å². The number of nitrogens with zero attached hydrogens (tertiary/aromatic N) is 1. The molecule has 0 aliphatic carbocycles. The first-order valence-electron chi connectivity index (χ1n) is 6.47. The van der Waals surface area contributed by atoms with E-state index in [-0.39, 0.29) is 0 Å². The number of nitrogens with one attached hydrogen (secondary N) is 2. The summed E-state index contributed by atoms with van der Waals surface area (Å²) in [4.78, 5) is 4.13. The monoisotopic (exact) mass is 299 g/mol. The lowest BCUT2D eigenvalue weighted by Crippen LogP contribution is -2.39. The zero-order valence-electron chi connectivity index (χ0n) is 12.2. The van der Waals surface area contributed by atoms with Crippen LogP contribution in [0.25, 0.3) is 0 Å². The fourth-order valence-corrected chi connectivity index (χ4v) is 1.93. The van der Waals surface area contributed by atoms with Gasteiger partial charge in [0.05, 0.1) is 13.7 Å². The number of halogens is 1.